The summed E-state index contributed by atoms with van der Waals surface area (Å²) >= 11 is 0. The van der Waals surface area contributed by atoms with Crippen molar-refractivity contribution >= 4 is 17.0 Å². The van der Waals surface area contributed by atoms with Crippen LogP contribution in [0.5, 0.6) is 0 Å². The number of benzene rings is 1. The molecule has 1 aliphatic rings. The number of imidazole rings is 1. The van der Waals surface area contributed by atoms with E-state index >= 15 is 0 Å². The predicted molar refractivity (Wildman–Crippen MR) is 75.7 cm³/mol. The monoisotopic (exact) mass is 243 g/mol. The number of anilines is 1. The van der Waals surface area contributed by atoms with Crippen LogP contribution in [-0.4, -0.2) is 16.0 Å². The summed E-state index contributed by atoms with van der Waals surface area (Å²) in [6.45, 7) is 4.66. The molecule has 0 radical (unpaired) electrons. The highest BCUT2D eigenvalue weighted by Gasteiger charge is 2.31. The molecule has 0 aliphatic heterocycles. The normalized spacial score (nSPS) is 27.8. The van der Waals surface area contributed by atoms with Gasteiger partial charge in [-0.15, -0.1) is 0 Å². The van der Waals surface area contributed by atoms with E-state index in [1.165, 1.54) is 19.3 Å². The minimum Gasteiger partial charge on any atom is -0.353 e. The maximum absolute atomic E-state index is 4.59. The molecular weight excluding hydrogens is 222 g/mol. The molecule has 3 rings (SSSR count). The van der Waals surface area contributed by atoms with E-state index in [2.05, 4.69) is 35.2 Å². The summed E-state index contributed by atoms with van der Waals surface area (Å²) in [6, 6.07) is 8.74. The molecule has 1 saturated carbocycles. The van der Waals surface area contributed by atoms with E-state index in [1.54, 1.807) is 0 Å². The second kappa shape index (κ2) is 4.63. The van der Waals surface area contributed by atoms with Gasteiger partial charge in [0.1, 0.15) is 0 Å². The zero-order valence-electron chi connectivity index (χ0n) is 11.1. The maximum Gasteiger partial charge on any atom is 0.201 e. The first-order valence-electron chi connectivity index (χ1n) is 6.99. The maximum atomic E-state index is 4.59. The van der Waals surface area contributed by atoms with Gasteiger partial charge in [0.15, 0.2) is 0 Å². The molecule has 0 amide bonds. The highest BCUT2D eigenvalue weighted by molar-refractivity contribution is 5.77. The van der Waals surface area contributed by atoms with E-state index < -0.39 is 0 Å². The van der Waals surface area contributed by atoms with Crippen molar-refractivity contribution in [3.05, 3.63) is 24.3 Å². The third-order valence-electron chi connectivity index (χ3n) is 4.46. The van der Waals surface area contributed by atoms with Crippen molar-refractivity contribution < 1.29 is 0 Å². The van der Waals surface area contributed by atoms with Crippen LogP contribution in [0.15, 0.2) is 24.3 Å². The van der Waals surface area contributed by atoms with Crippen molar-refractivity contribution in [3.63, 3.8) is 0 Å². The van der Waals surface area contributed by atoms with Crippen LogP contribution in [0.1, 0.15) is 33.1 Å². The van der Waals surface area contributed by atoms with Gasteiger partial charge in [-0.25, -0.2) is 4.98 Å². The van der Waals surface area contributed by atoms with Crippen LogP contribution in [0.25, 0.3) is 11.0 Å². The van der Waals surface area contributed by atoms with Crippen LogP contribution in [0.2, 0.25) is 0 Å². The summed E-state index contributed by atoms with van der Waals surface area (Å²) in [5, 5.41) is 3.58. The zero-order valence-corrected chi connectivity index (χ0v) is 11.1. The Kier molecular flexibility index (Phi) is 2.98. The quantitative estimate of drug-likeness (QED) is 0.860. The van der Waals surface area contributed by atoms with Crippen molar-refractivity contribution in [2.45, 2.75) is 39.2 Å². The Hall–Kier alpha value is -1.51. The second-order valence-electron chi connectivity index (χ2n) is 5.46. The molecule has 3 atom stereocenters. The number of fused-ring (bicyclic) bond motifs is 1. The van der Waals surface area contributed by atoms with Crippen LogP contribution in [-0.2, 0) is 0 Å². The molecular formula is C15H21N3. The molecule has 1 aromatic carbocycles. The molecule has 96 valence electrons. The summed E-state index contributed by atoms with van der Waals surface area (Å²) in [4.78, 5) is 7.95. The largest absolute Gasteiger partial charge is 0.353 e. The van der Waals surface area contributed by atoms with Gasteiger partial charge in [-0.3, -0.25) is 0 Å². The third kappa shape index (κ3) is 1.98. The number of nitrogens with one attached hydrogen (secondary N) is 2. The van der Waals surface area contributed by atoms with E-state index in [1.807, 2.05) is 18.2 Å². The van der Waals surface area contributed by atoms with E-state index in [0.717, 1.165) is 28.8 Å². The Morgan fingerprint density at radius 3 is 2.89 bits per heavy atom. The average molecular weight is 243 g/mol. The van der Waals surface area contributed by atoms with Crippen LogP contribution in [0, 0.1) is 11.8 Å². The van der Waals surface area contributed by atoms with Gasteiger partial charge in [0.25, 0.3) is 0 Å². The van der Waals surface area contributed by atoms with Crippen molar-refractivity contribution in [1.29, 1.82) is 0 Å². The van der Waals surface area contributed by atoms with Gasteiger partial charge in [-0.2, -0.15) is 0 Å². The highest BCUT2D eigenvalue weighted by Crippen LogP contribution is 2.35. The first-order valence-corrected chi connectivity index (χ1v) is 6.99. The molecule has 3 nitrogen and oxygen atoms in total. The fourth-order valence-corrected chi connectivity index (χ4v) is 3.22. The van der Waals surface area contributed by atoms with Crippen LogP contribution < -0.4 is 5.32 Å². The molecule has 1 aromatic heterocycles. The highest BCUT2D eigenvalue weighted by atomic mass is 15.1. The van der Waals surface area contributed by atoms with Gasteiger partial charge < -0.3 is 10.3 Å². The van der Waals surface area contributed by atoms with E-state index in [0.29, 0.717) is 6.04 Å². The van der Waals surface area contributed by atoms with Crippen molar-refractivity contribution in [1.82, 2.24) is 9.97 Å². The van der Waals surface area contributed by atoms with Gasteiger partial charge >= 0.3 is 0 Å². The number of hydrogen-bond donors (Lipinski definition) is 2. The lowest BCUT2D eigenvalue weighted by atomic mass is 9.94. The lowest BCUT2D eigenvalue weighted by Crippen LogP contribution is -2.25. The van der Waals surface area contributed by atoms with Crippen LogP contribution >= 0.6 is 0 Å². The number of para-hydroxylation sites is 2. The molecule has 1 aliphatic carbocycles. The van der Waals surface area contributed by atoms with Crippen molar-refractivity contribution in [2.24, 2.45) is 11.8 Å². The number of nitrogens with zero attached hydrogens (tertiary/aromatic N) is 1. The molecule has 2 N–H and O–H groups in total. The smallest absolute Gasteiger partial charge is 0.201 e. The number of hydrogen-bond acceptors (Lipinski definition) is 2. The summed E-state index contributed by atoms with van der Waals surface area (Å²) in [7, 11) is 0. The van der Waals surface area contributed by atoms with Crippen molar-refractivity contribution in [3.8, 4) is 0 Å². The fourth-order valence-electron chi connectivity index (χ4n) is 3.22. The molecule has 0 bridgehead atoms. The van der Waals surface area contributed by atoms with Crippen LogP contribution in [0.3, 0.4) is 0 Å². The SMILES string of the molecule is CCC1CCC(Nc2nc3ccccc3[nH]2)C1C. The number of aromatic nitrogens is 2. The Labute approximate surface area is 108 Å². The van der Waals surface area contributed by atoms with E-state index in [9.17, 15) is 0 Å². The Bertz CT molecular complexity index is 498. The summed E-state index contributed by atoms with van der Waals surface area (Å²) < 4.78 is 0. The van der Waals surface area contributed by atoms with Crippen LogP contribution in [0.4, 0.5) is 5.95 Å². The summed E-state index contributed by atoms with van der Waals surface area (Å²) in [5.74, 6) is 2.53. The number of aromatic amines is 1. The van der Waals surface area contributed by atoms with E-state index in [4.69, 9.17) is 0 Å². The lowest BCUT2D eigenvalue weighted by Gasteiger charge is -2.20. The Morgan fingerprint density at radius 1 is 1.33 bits per heavy atom. The van der Waals surface area contributed by atoms with Gasteiger partial charge in [0.2, 0.25) is 5.95 Å². The molecule has 2 aromatic rings. The lowest BCUT2D eigenvalue weighted by molar-refractivity contribution is 0.391. The molecule has 0 saturated heterocycles. The van der Waals surface area contributed by atoms with Gasteiger partial charge in [-0.1, -0.05) is 32.4 Å². The molecule has 3 unspecified atom stereocenters. The van der Waals surface area contributed by atoms with E-state index in [-0.39, 0.29) is 0 Å². The molecule has 0 spiro atoms. The zero-order chi connectivity index (χ0) is 12.5. The molecule has 18 heavy (non-hydrogen) atoms. The van der Waals surface area contributed by atoms with Gasteiger partial charge in [0.05, 0.1) is 11.0 Å². The minimum absolute atomic E-state index is 0.565. The third-order valence-corrected chi connectivity index (χ3v) is 4.46. The number of H-pyrrole nitrogens is 1. The Morgan fingerprint density at radius 2 is 2.17 bits per heavy atom. The summed E-state index contributed by atoms with van der Waals surface area (Å²) in [6.07, 6.45) is 3.89. The molecule has 3 heteroatoms. The summed E-state index contributed by atoms with van der Waals surface area (Å²) in [5.41, 5.74) is 2.15. The average Bonchev–Trinajstić information content (AvgIpc) is 2.94. The van der Waals surface area contributed by atoms with Crippen molar-refractivity contribution in [2.75, 3.05) is 5.32 Å². The minimum atomic E-state index is 0.565. The molecule has 1 heterocycles. The Balaban J connectivity index is 1.76. The first-order chi connectivity index (χ1) is 8.78. The standard InChI is InChI=1S/C15H21N3/c1-3-11-8-9-12(10(11)2)16-15-17-13-6-4-5-7-14(13)18-15/h4-7,10-12H,3,8-9H2,1-2H3,(H2,16,17,18). The molecule has 1 fully saturated rings. The topological polar surface area (TPSA) is 40.7 Å². The second-order valence-corrected chi connectivity index (χ2v) is 5.46. The first kappa shape index (κ1) is 11.6. The van der Waals surface area contributed by atoms with Gasteiger partial charge in [-0.05, 0) is 36.8 Å². The number of rotatable bonds is 3. The predicted octanol–water partition coefficient (Wildman–Crippen LogP) is 3.80. The van der Waals surface area contributed by atoms with Gasteiger partial charge in [0, 0.05) is 6.04 Å². The fraction of sp³-hybridized carbons (Fsp3) is 0.533.